The summed E-state index contributed by atoms with van der Waals surface area (Å²) < 4.78 is 17.3. The van der Waals surface area contributed by atoms with Gasteiger partial charge in [-0.2, -0.15) is 0 Å². The Morgan fingerprint density at radius 3 is 2.31 bits per heavy atom. The van der Waals surface area contributed by atoms with Crippen LogP contribution in [-0.2, 0) is 16.2 Å². The average molecular weight is 530 g/mol. The molecule has 3 aromatic carbocycles. The molecule has 1 N–H and O–H groups in total. The molecule has 1 aliphatic heterocycles. The van der Waals surface area contributed by atoms with E-state index in [2.05, 4.69) is 13.8 Å². The van der Waals surface area contributed by atoms with Crippen molar-refractivity contribution in [1.29, 1.82) is 0 Å². The van der Waals surface area contributed by atoms with E-state index >= 15 is 0 Å². The van der Waals surface area contributed by atoms with Crippen LogP contribution < -0.4 is 14.2 Å². The number of rotatable bonds is 11. The summed E-state index contributed by atoms with van der Waals surface area (Å²) >= 11 is 0. The highest BCUT2D eigenvalue weighted by molar-refractivity contribution is 6.46. The minimum absolute atomic E-state index is 0.0449. The van der Waals surface area contributed by atoms with Gasteiger partial charge in [0.2, 0.25) is 0 Å². The molecule has 0 radical (unpaired) electrons. The molecule has 204 valence electrons. The van der Waals surface area contributed by atoms with Crippen LogP contribution in [0.4, 0.5) is 0 Å². The van der Waals surface area contributed by atoms with Crippen LogP contribution in [0.2, 0.25) is 0 Å². The first-order chi connectivity index (χ1) is 18.8. The van der Waals surface area contributed by atoms with Crippen molar-refractivity contribution in [3.05, 3.63) is 95.1 Å². The second kappa shape index (κ2) is 12.5. The van der Waals surface area contributed by atoms with Gasteiger partial charge in [-0.15, -0.1) is 0 Å². The number of carbonyl (C=O) groups excluding carboxylic acids is 2. The van der Waals surface area contributed by atoms with Crippen molar-refractivity contribution >= 4 is 17.4 Å². The van der Waals surface area contributed by atoms with Crippen LogP contribution in [0, 0.1) is 5.92 Å². The first kappa shape index (κ1) is 27.8. The molecule has 4 rings (SSSR count). The van der Waals surface area contributed by atoms with Crippen molar-refractivity contribution < 1.29 is 28.9 Å². The zero-order valence-electron chi connectivity index (χ0n) is 22.8. The van der Waals surface area contributed by atoms with Gasteiger partial charge in [0.25, 0.3) is 11.7 Å². The van der Waals surface area contributed by atoms with Crippen molar-refractivity contribution in [2.45, 2.75) is 39.8 Å². The van der Waals surface area contributed by atoms with Crippen LogP contribution >= 0.6 is 0 Å². The van der Waals surface area contributed by atoms with Gasteiger partial charge in [0.1, 0.15) is 18.1 Å². The molecule has 3 aromatic rings. The Kier molecular flexibility index (Phi) is 8.92. The molecule has 0 aromatic heterocycles. The van der Waals surface area contributed by atoms with Gasteiger partial charge in [0, 0.05) is 12.1 Å². The predicted octanol–water partition coefficient (Wildman–Crippen LogP) is 6.14. The van der Waals surface area contributed by atoms with E-state index < -0.39 is 17.7 Å². The second-order valence-electron chi connectivity index (χ2n) is 9.91. The molecule has 1 aliphatic rings. The molecule has 1 saturated heterocycles. The van der Waals surface area contributed by atoms with Crippen LogP contribution in [0.3, 0.4) is 0 Å². The fourth-order valence-electron chi connectivity index (χ4n) is 4.54. The summed E-state index contributed by atoms with van der Waals surface area (Å²) in [5.74, 6) is 0.468. The fourth-order valence-corrected chi connectivity index (χ4v) is 4.54. The highest BCUT2D eigenvalue weighted by Gasteiger charge is 2.45. The molecule has 1 fully saturated rings. The number of ketones is 1. The van der Waals surface area contributed by atoms with E-state index in [1.165, 1.54) is 4.90 Å². The Labute approximate surface area is 229 Å². The molecule has 7 nitrogen and oxygen atoms in total. The molecule has 0 aliphatic carbocycles. The third-order valence-corrected chi connectivity index (χ3v) is 6.46. The number of benzene rings is 3. The quantitative estimate of drug-likeness (QED) is 0.182. The molecule has 39 heavy (non-hydrogen) atoms. The number of hydrogen-bond acceptors (Lipinski definition) is 6. The number of nitrogens with zero attached hydrogens (tertiary/aromatic N) is 1. The van der Waals surface area contributed by atoms with Gasteiger partial charge in [-0.3, -0.25) is 9.59 Å². The second-order valence-corrected chi connectivity index (χ2v) is 9.91. The third-order valence-electron chi connectivity index (χ3n) is 6.46. The summed E-state index contributed by atoms with van der Waals surface area (Å²) in [6.45, 7) is 7.31. The zero-order valence-corrected chi connectivity index (χ0v) is 22.8. The first-order valence-corrected chi connectivity index (χ1v) is 13.2. The number of amides is 1. The topological polar surface area (TPSA) is 85.3 Å². The summed E-state index contributed by atoms with van der Waals surface area (Å²) in [7, 11) is 1.56. The molecule has 1 atom stereocenters. The Hall–Kier alpha value is -4.26. The predicted molar refractivity (Wildman–Crippen MR) is 150 cm³/mol. The molecular formula is C32H35NO6. The van der Waals surface area contributed by atoms with Gasteiger partial charge in [0.15, 0.2) is 11.5 Å². The van der Waals surface area contributed by atoms with E-state index in [4.69, 9.17) is 14.2 Å². The smallest absolute Gasteiger partial charge is 0.295 e. The standard InChI is InChI=1S/C32H35NO6/c1-5-17-33-29(24-13-16-26(37-4)27(18-24)39-20-22-9-7-6-8-10-22)28(31(35)32(33)36)30(34)23-11-14-25(15-12-23)38-19-21(2)3/h6-16,18,21,29,34H,5,17,19-20H2,1-4H3/b30-28-. The summed E-state index contributed by atoms with van der Waals surface area (Å²) in [6, 6.07) is 21.2. The van der Waals surface area contributed by atoms with Crippen molar-refractivity contribution in [1.82, 2.24) is 4.90 Å². The lowest BCUT2D eigenvalue weighted by molar-refractivity contribution is -0.139. The minimum atomic E-state index is -0.771. The van der Waals surface area contributed by atoms with Gasteiger partial charge in [-0.05, 0) is 59.9 Å². The Bertz CT molecular complexity index is 1330. The molecule has 0 spiro atoms. The number of hydrogen-bond donors (Lipinski definition) is 1. The maximum Gasteiger partial charge on any atom is 0.295 e. The lowest BCUT2D eigenvalue weighted by Crippen LogP contribution is -2.30. The van der Waals surface area contributed by atoms with Gasteiger partial charge < -0.3 is 24.2 Å². The average Bonchev–Trinajstić information content (AvgIpc) is 3.20. The summed E-state index contributed by atoms with van der Waals surface area (Å²) in [6.07, 6.45) is 0.652. The first-order valence-electron chi connectivity index (χ1n) is 13.2. The van der Waals surface area contributed by atoms with Gasteiger partial charge in [-0.25, -0.2) is 0 Å². The largest absolute Gasteiger partial charge is 0.507 e. The van der Waals surface area contributed by atoms with E-state index in [9.17, 15) is 14.7 Å². The number of carbonyl (C=O) groups is 2. The van der Waals surface area contributed by atoms with Crippen molar-refractivity contribution in [2.24, 2.45) is 5.92 Å². The number of aliphatic hydroxyl groups is 1. The summed E-state index contributed by atoms with van der Waals surface area (Å²) in [4.78, 5) is 27.9. The van der Waals surface area contributed by atoms with Gasteiger partial charge in [0.05, 0.1) is 25.3 Å². The van der Waals surface area contributed by atoms with E-state index in [-0.39, 0.29) is 11.3 Å². The Morgan fingerprint density at radius 2 is 1.67 bits per heavy atom. The summed E-state index contributed by atoms with van der Waals surface area (Å²) in [5.41, 5.74) is 2.11. The fraction of sp³-hybridized carbons (Fsp3) is 0.312. The summed E-state index contributed by atoms with van der Waals surface area (Å²) in [5, 5.41) is 11.3. The number of aliphatic hydroxyl groups excluding tert-OH is 1. The Balaban J connectivity index is 1.73. The SMILES string of the molecule is CCCN1C(=O)C(=O)/C(=C(\O)c2ccc(OCC(C)C)cc2)C1c1ccc(OC)c(OCc2ccccc2)c1. The van der Waals surface area contributed by atoms with Crippen LogP contribution in [-0.4, -0.2) is 42.0 Å². The van der Waals surface area contributed by atoms with Crippen LogP contribution in [0.15, 0.2) is 78.4 Å². The van der Waals surface area contributed by atoms with Crippen molar-refractivity contribution in [2.75, 3.05) is 20.3 Å². The van der Waals surface area contributed by atoms with Gasteiger partial charge >= 0.3 is 0 Å². The molecule has 1 unspecified atom stereocenters. The van der Waals surface area contributed by atoms with Crippen LogP contribution in [0.1, 0.15) is 49.9 Å². The molecular weight excluding hydrogens is 494 g/mol. The van der Waals surface area contributed by atoms with Gasteiger partial charge in [-0.1, -0.05) is 57.2 Å². The Morgan fingerprint density at radius 1 is 0.949 bits per heavy atom. The lowest BCUT2D eigenvalue weighted by Gasteiger charge is -2.25. The maximum atomic E-state index is 13.3. The number of Topliss-reactive ketones (excluding diaryl/α,β-unsaturated/α-hetero) is 1. The molecule has 1 heterocycles. The van der Waals surface area contributed by atoms with E-state index in [0.29, 0.717) is 60.5 Å². The van der Waals surface area contributed by atoms with Crippen molar-refractivity contribution in [3.63, 3.8) is 0 Å². The highest BCUT2D eigenvalue weighted by atomic mass is 16.5. The normalized spacial score (nSPS) is 16.5. The number of likely N-dealkylation sites (tertiary alicyclic amines) is 1. The molecule has 1 amide bonds. The minimum Gasteiger partial charge on any atom is -0.507 e. The van der Waals surface area contributed by atoms with Crippen LogP contribution in [0.25, 0.3) is 5.76 Å². The van der Waals surface area contributed by atoms with Crippen LogP contribution in [0.5, 0.6) is 17.2 Å². The molecule has 0 saturated carbocycles. The van der Waals surface area contributed by atoms with E-state index in [1.807, 2.05) is 37.3 Å². The van der Waals surface area contributed by atoms with E-state index in [1.54, 1.807) is 49.6 Å². The zero-order chi connectivity index (χ0) is 27.9. The third kappa shape index (κ3) is 6.25. The van der Waals surface area contributed by atoms with E-state index in [0.717, 1.165) is 5.56 Å². The number of methoxy groups -OCH3 is 1. The molecule has 7 heteroatoms. The highest BCUT2D eigenvalue weighted by Crippen LogP contribution is 2.42. The number of ether oxygens (including phenoxy) is 3. The monoisotopic (exact) mass is 529 g/mol. The lowest BCUT2D eigenvalue weighted by atomic mass is 9.95. The molecule has 0 bridgehead atoms. The maximum absolute atomic E-state index is 13.3. The van der Waals surface area contributed by atoms with Crippen molar-refractivity contribution in [3.8, 4) is 17.2 Å².